The van der Waals surface area contributed by atoms with E-state index in [1.807, 2.05) is 49.1 Å². The predicted molar refractivity (Wildman–Crippen MR) is 91.8 cm³/mol. The maximum atomic E-state index is 12.9. The number of benzene rings is 1. The molecule has 0 aliphatic rings. The highest BCUT2D eigenvalue weighted by atomic mass is 79.9. The number of H-pyrrole nitrogens is 1. The van der Waals surface area contributed by atoms with Crippen LogP contribution in [0.5, 0.6) is 0 Å². The zero-order valence-electron chi connectivity index (χ0n) is 13.4. The highest BCUT2D eigenvalue weighted by molar-refractivity contribution is 9.10. The molecule has 22 heavy (non-hydrogen) atoms. The Hall–Kier alpha value is -1.62. The van der Waals surface area contributed by atoms with Crippen LogP contribution >= 0.6 is 15.9 Å². The summed E-state index contributed by atoms with van der Waals surface area (Å²) >= 11 is 3.51. The summed E-state index contributed by atoms with van der Waals surface area (Å²) in [5.74, 6) is 0.221. The van der Waals surface area contributed by atoms with Crippen molar-refractivity contribution in [3.05, 3.63) is 51.8 Å². The van der Waals surface area contributed by atoms with Crippen molar-refractivity contribution in [1.82, 2.24) is 15.1 Å². The van der Waals surface area contributed by atoms with Crippen LogP contribution in [-0.4, -0.2) is 27.0 Å². The first-order chi connectivity index (χ1) is 10.4. The Balaban J connectivity index is 2.27. The first-order valence-corrected chi connectivity index (χ1v) is 8.29. The van der Waals surface area contributed by atoms with E-state index in [9.17, 15) is 4.79 Å². The van der Waals surface area contributed by atoms with Crippen molar-refractivity contribution in [2.75, 3.05) is 0 Å². The number of hydrogen-bond donors (Lipinski definition) is 1. The summed E-state index contributed by atoms with van der Waals surface area (Å²) in [7, 11) is 0. The van der Waals surface area contributed by atoms with Gasteiger partial charge in [0.1, 0.15) is 0 Å². The van der Waals surface area contributed by atoms with Crippen LogP contribution in [-0.2, 0) is 6.54 Å². The number of carbonyl (C=O) groups is 1. The van der Waals surface area contributed by atoms with Gasteiger partial charge in [-0.1, -0.05) is 44.2 Å². The van der Waals surface area contributed by atoms with Crippen LogP contribution < -0.4 is 0 Å². The maximum absolute atomic E-state index is 12.9. The molecule has 1 heterocycles. The number of rotatable bonds is 5. The van der Waals surface area contributed by atoms with Crippen LogP contribution in [0.2, 0.25) is 0 Å². The molecule has 1 aromatic heterocycles. The fraction of sp³-hybridized carbons (Fsp3) is 0.412. The van der Waals surface area contributed by atoms with E-state index >= 15 is 0 Å². The number of nitrogens with zero attached hydrogens (tertiary/aromatic N) is 2. The van der Waals surface area contributed by atoms with Gasteiger partial charge in [0, 0.05) is 12.6 Å². The number of aromatic amines is 1. The molecule has 0 radical (unpaired) electrons. The van der Waals surface area contributed by atoms with Crippen molar-refractivity contribution < 1.29 is 4.79 Å². The molecule has 1 N–H and O–H groups in total. The van der Waals surface area contributed by atoms with E-state index in [-0.39, 0.29) is 17.9 Å². The van der Waals surface area contributed by atoms with Gasteiger partial charge in [0.2, 0.25) is 0 Å². The molecule has 2 aromatic rings. The van der Waals surface area contributed by atoms with Crippen LogP contribution in [0.25, 0.3) is 0 Å². The Morgan fingerprint density at radius 1 is 1.23 bits per heavy atom. The lowest BCUT2D eigenvalue weighted by atomic mass is 10.1. The minimum Gasteiger partial charge on any atom is -0.330 e. The second kappa shape index (κ2) is 7.09. The number of halogens is 1. The molecule has 0 aliphatic carbocycles. The third-order valence-corrected chi connectivity index (χ3v) is 4.40. The van der Waals surface area contributed by atoms with Gasteiger partial charge in [0.05, 0.1) is 10.2 Å². The third-order valence-electron chi connectivity index (χ3n) is 3.59. The molecule has 0 fully saturated rings. The van der Waals surface area contributed by atoms with Gasteiger partial charge in [0.15, 0.2) is 5.69 Å². The number of aromatic nitrogens is 2. The Kier molecular flexibility index (Phi) is 5.40. The van der Waals surface area contributed by atoms with Gasteiger partial charge in [-0.15, -0.1) is 0 Å². The summed E-state index contributed by atoms with van der Waals surface area (Å²) in [6.45, 7) is 8.75. The predicted octanol–water partition coefficient (Wildman–Crippen LogP) is 4.35. The summed E-state index contributed by atoms with van der Waals surface area (Å²) in [6.07, 6.45) is 0. The monoisotopic (exact) mass is 363 g/mol. The van der Waals surface area contributed by atoms with Crippen LogP contribution in [0.1, 0.15) is 55.4 Å². The zero-order chi connectivity index (χ0) is 16.3. The molecule has 2 rings (SSSR count). The molecule has 0 atom stereocenters. The average Bonchev–Trinajstić information content (AvgIpc) is 2.86. The second-order valence-electron chi connectivity index (χ2n) is 5.97. The summed E-state index contributed by atoms with van der Waals surface area (Å²) in [6, 6.07) is 10.1. The van der Waals surface area contributed by atoms with E-state index in [1.54, 1.807) is 0 Å². The Labute approximate surface area is 140 Å². The van der Waals surface area contributed by atoms with E-state index in [4.69, 9.17) is 0 Å². The molecular formula is C17H22BrN3O. The molecule has 0 saturated carbocycles. The summed E-state index contributed by atoms with van der Waals surface area (Å²) < 4.78 is 0.770. The summed E-state index contributed by atoms with van der Waals surface area (Å²) in [4.78, 5) is 14.7. The van der Waals surface area contributed by atoms with E-state index in [2.05, 4.69) is 40.0 Å². The van der Waals surface area contributed by atoms with Gasteiger partial charge in [-0.25, -0.2) is 0 Å². The largest absolute Gasteiger partial charge is 0.330 e. The lowest BCUT2D eigenvalue weighted by Gasteiger charge is -2.26. The van der Waals surface area contributed by atoms with Crippen molar-refractivity contribution in [1.29, 1.82) is 0 Å². The third kappa shape index (κ3) is 3.58. The van der Waals surface area contributed by atoms with Crippen LogP contribution in [0.3, 0.4) is 0 Å². The van der Waals surface area contributed by atoms with Crippen molar-refractivity contribution in [2.45, 2.75) is 46.2 Å². The van der Waals surface area contributed by atoms with Gasteiger partial charge in [-0.2, -0.15) is 5.10 Å². The second-order valence-corrected chi connectivity index (χ2v) is 6.76. The summed E-state index contributed by atoms with van der Waals surface area (Å²) in [5, 5.41) is 7.19. The molecular weight excluding hydrogens is 342 g/mol. The van der Waals surface area contributed by atoms with Crippen molar-refractivity contribution in [2.24, 2.45) is 0 Å². The lowest BCUT2D eigenvalue weighted by molar-refractivity contribution is 0.0683. The minimum absolute atomic E-state index is 0.0612. The van der Waals surface area contributed by atoms with Crippen molar-refractivity contribution in [3.63, 3.8) is 0 Å². The number of nitrogens with one attached hydrogen (secondary N) is 1. The lowest BCUT2D eigenvalue weighted by Crippen LogP contribution is -2.36. The van der Waals surface area contributed by atoms with Gasteiger partial charge in [-0.3, -0.25) is 9.89 Å². The number of amides is 1. The van der Waals surface area contributed by atoms with Gasteiger partial charge < -0.3 is 4.90 Å². The van der Waals surface area contributed by atoms with E-state index in [0.29, 0.717) is 12.2 Å². The molecule has 0 unspecified atom stereocenters. The fourth-order valence-electron chi connectivity index (χ4n) is 2.27. The highest BCUT2D eigenvalue weighted by Gasteiger charge is 2.25. The normalized spacial score (nSPS) is 11.2. The Morgan fingerprint density at radius 2 is 1.86 bits per heavy atom. The van der Waals surface area contributed by atoms with Gasteiger partial charge >= 0.3 is 0 Å². The van der Waals surface area contributed by atoms with E-state index in [0.717, 1.165) is 15.7 Å². The van der Waals surface area contributed by atoms with Gasteiger partial charge in [0.25, 0.3) is 5.91 Å². The topological polar surface area (TPSA) is 49.0 Å². The molecule has 1 aromatic carbocycles. The van der Waals surface area contributed by atoms with Gasteiger partial charge in [-0.05, 0) is 41.3 Å². The first kappa shape index (κ1) is 16.7. The van der Waals surface area contributed by atoms with Crippen molar-refractivity contribution >= 4 is 21.8 Å². The quantitative estimate of drug-likeness (QED) is 0.858. The first-order valence-electron chi connectivity index (χ1n) is 7.50. The number of carbonyl (C=O) groups excluding carboxylic acids is 1. The molecule has 5 heteroatoms. The molecule has 118 valence electrons. The smallest absolute Gasteiger partial charge is 0.276 e. The minimum atomic E-state index is -0.0612. The Morgan fingerprint density at radius 3 is 2.36 bits per heavy atom. The van der Waals surface area contributed by atoms with E-state index < -0.39 is 0 Å². The van der Waals surface area contributed by atoms with E-state index in [1.165, 1.54) is 0 Å². The molecule has 0 spiro atoms. The van der Waals surface area contributed by atoms with Crippen LogP contribution in [0.4, 0.5) is 0 Å². The molecule has 1 amide bonds. The molecule has 0 bridgehead atoms. The number of hydrogen-bond acceptors (Lipinski definition) is 2. The standard InChI is InChI=1S/C17H22BrN3O/c1-11(2)15-14(18)16(20-19-15)17(22)21(12(3)4)10-13-8-6-5-7-9-13/h5-9,11-12H,10H2,1-4H3,(H,19,20). The fourth-order valence-corrected chi connectivity index (χ4v) is 3.08. The van der Waals surface area contributed by atoms with Crippen LogP contribution in [0, 0.1) is 0 Å². The average molecular weight is 364 g/mol. The maximum Gasteiger partial charge on any atom is 0.276 e. The van der Waals surface area contributed by atoms with Crippen molar-refractivity contribution in [3.8, 4) is 0 Å². The summed E-state index contributed by atoms with van der Waals surface area (Å²) in [5.41, 5.74) is 2.51. The molecule has 0 saturated heterocycles. The molecule has 4 nitrogen and oxygen atoms in total. The zero-order valence-corrected chi connectivity index (χ0v) is 15.0. The molecule has 0 aliphatic heterocycles. The van der Waals surface area contributed by atoms with Crippen LogP contribution in [0.15, 0.2) is 34.8 Å². The Bertz CT molecular complexity index is 635. The highest BCUT2D eigenvalue weighted by Crippen LogP contribution is 2.27. The SMILES string of the molecule is CC(C)c1[nH]nc(C(=O)N(Cc2ccccc2)C(C)C)c1Br.